The quantitative estimate of drug-likeness (QED) is 0.666. The molecule has 7 heteroatoms. The lowest BCUT2D eigenvalue weighted by atomic mass is 10.0. The number of alkyl halides is 2. The van der Waals surface area contributed by atoms with Crippen molar-refractivity contribution in [2.75, 3.05) is 12.0 Å². The monoisotopic (exact) mass is 281 g/mol. The van der Waals surface area contributed by atoms with Crippen molar-refractivity contribution < 1.29 is 18.3 Å². The van der Waals surface area contributed by atoms with Crippen molar-refractivity contribution in [1.82, 2.24) is 4.98 Å². The van der Waals surface area contributed by atoms with Crippen molar-refractivity contribution in [3.8, 4) is 5.75 Å². The first-order valence-electron chi connectivity index (χ1n) is 6.13. The molecule has 3 rings (SSSR count). The van der Waals surface area contributed by atoms with Gasteiger partial charge in [0.1, 0.15) is 5.75 Å². The molecule has 3 N–H and O–H groups in total. The van der Waals surface area contributed by atoms with Gasteiger partial charge >= 0.3 is 6.61 Å². The Kier molecular flexibility index (Phi) is 3.37. The van der Waals surface area contributed by atoms with Crippen LogP contribution >= 0.6 is 0 Å². The second kappa shape index (κ2) is 5.18. The number of pyridine rings is 1. The molecule has 0 radical (unpaired) electrons. The molecule has 0 amide bonds. The summed E-state index contributed by atoms with van der Waals surface area (Å²) >= 11 is 0. The molecule has 1 aromatic carbocycles. The Bertz CT molecular complexity index is 649. The van der Waals surface area contributed by atoms with Crippen molar-refractivity contribution in [3.05, 3.63) is 29.5 Å². The van der Waals surface area contributed by atoms with Gasteiger partial charge in [-0.05, 0) is 18.2 Å². The number of nitrogen functional groups attached to an aromatic ring is 1. The first-order valence-corrected chi connectivity index (χ1v) is 6.13. The second-order valence-corrected chi connectivity index (χ2v) is 4.42. The smallest absolute Gasteiger partial charge is 0.387 e. The predicted molar refractivity (Wildman–Crippen MR) is 69.5 cm³/mol. The minimum Gasteiger partial charge on any atom is -0.435 e. The number of nitrogens with zero attached hydrogens (tertiary/aromatic N) is 1. The lowest BCUT2D eigenvalue weighted by Gasteiger charge is -2.20. The number of anilines is 1. The van der Waals surface area contributed by atoms with Gasteiger partial charge in [-0.2, -0.15) is 8.78 Å². The molecule has 0 unspecified atom stereocenters. The fourth-order valence-electron chi connectivity index (χ4n) is 2.38. The summed E-state index contributed by atoms with van der Waals surface area (Å²) in [6.07, 6.45) is 0.704. The van der Waals surface area contributed by atoms with Gasteiger partial charge in [0.05, 0.1) is 30.1 Å². The largest absolute Gasteiger partial charge is 0.435 e. The number of halogens is 2. The normalized spacial score (nSPS) is 14.4. The molecule has 0 saturated carbocycles. The van der Waals surface area contributed by atoms with Crippen molar-refractivity contribution in [2.45, 2.75) is 19.6 Å². The topological polar surface area (TPSA) is 69.4 Å². The predicted octanol–water partition coefficient (Wildman–Crippen LogP) is 2.19. The van der Waals surface area contributed by atoms with E-state index >= 15 is 0 Å². The van der Waals surface area contributed by atoms with E-state index < -0.39 is 6.61 Å². The maximum atomic E-state index is 12.3. The molecular weight excluding hydrogens is 268 g/mol. The van der Waals surface area contributed by atoms with Gasteiger partial charge in [-0.15, -0.1) is 0 Å². The maximum absolute atomic E-state index is 12.3. The third kappa shape index (κ3) is 2.25. The van der Waals surface area contributed by atoms with Gasteiger partial charge in [-0.25, -0.2) is 0 Å². The third-order valence-electron chi connectivity index (χ3n) is 3.24. The van der Waals surface area contributed by atoms with Gasteiger partial charge in [-0.3, -0.25) is 10.8 Å². The third-order valence-corrected chi connectivity index (χ3v) is 3.24. The van der Waals surface area contributed by atoms with Gasteiger partial charge < -0.3 is 14.9 Å². The van der Waals surface area contributed by atoms with Crippen LogP contribution in [0.15, 0.2) is 18.2 Å². The zero-order valence-corrected chi connectivity index (χ0v) is 10.5. The van der Waals surface area contributed by atoms with E-state index in [9.17, 15) is 8.78 Å². The highest BCUT2D eigenvalue weighted by atomic mass is 19.3. The average molecular weight is 281 g/mol. The number of nitrogens with one attached hydrogen (secondary N) is 1. The Labute approximate surface area is 113 Å². The Morgan fingerprint density at radius 2 is 2.25 bits per heavy atom. The first kappa shape index (κ1) is 13.0. The Balaban J connectivity index is 2.17. The van der Waals surface area contributed by atoms with E-state index in [4.69, 9.17) is 10.6 Å². The van der Waals surface area contributed by atoms with E-state index in [0.717, 1.165) is 11.3 Å². The molecule has 0 aliphatic carbocycles. The molecular formula is C13H13F2N3O2. The zero-order chi connectivity index (χ0) is 14.1. The molecule has 1 aliphatic heterocycles. The van der Waals surface area contributed by atoms with Crippen LogP contribution in [0.5, 0.6) is 5.75 Å². The summed E-state index contributed by atoms with van der Waals surface area (Å²) in [5.74, 6) is 5.64. The van der Waals surface area contributed by atoms with Crippen LogP contribution in [-0.4, -0.2) is 18.2 Å². The number of hydrazine groups is 1. The fourth-order valence-corrected chi connectivity index (χ4v) is 2.38. The Morgan fingerprint density at radius 3 is 3.00 bits per heavy atom. The summed E-state index contributed by atoms with van der Waals surface area (Å²) in [4.78, 5) is 4.53. The van der Waals surface area contributed by atoms with Crippen LogP contribution in [0.2, 0.25) is 0 Å². The number of aromatic nitrogens is 1. The van der Waals surface area contributed by atoms with Crippen LogP contribution in [0.25, 0.3) is 10.9 Å². The number of nitrogens with two attached hydrogens (primary N) is 1. The number of rotatable bonds is 3. The van der Waals surface area contributed by atoms with Crippen LogP contribution in [0, 0.1) is 0 Å². The summed E-state index contributed by atoms with van der Waals surface area (Å²) in [5, 5.41) is 0.634. The average Bonchev–Trinajstić information content (AvgIpc) is 2.44. The van der Waals surface area contributed by atoms with E-state index in [0.29, 0.717) is 36.2 Å². The van der Waals surface area contributed by atoms with Gasteiger partial charge in [0, 0.05) is 17.4 Å². The molecule has 2 aromatic rings. The van der Waals surface area contributed by atoms with Crippen molar-refractivity contribution in [1.29, 1.82) is 0 Å². The summed E-state index contributed by atoms with van der Waals surface area (Å²) in [7, 11) is 0. The molecule has 2 heterocycles. The van der Waals surface area contributed by atoms with Gasteiger partial charge in [0.15, 0.2) is 0 Å². The molecule has 0 atom stereocenters. The first-order chi connectivity index (χ1) is 9.69. The molecule has 0 fully saturated rings. The number of benzene rings is 1. The molecule has 0 spiro atoms. The van der Waals surface area contributed by atoms with E-state index in [1.165, 1.54) is 12.1 Å². The Hall–Kier alpha value is -1.99. The van der Waals surface area contributed by atoms with Crippen LogP contribution in [-0.2, 0) is 17.8 Å². The highest BCUT2D eigenvalue weighted by Crippen LogP contribution is 2.33. The summed E-state index contributed by atoms with van der Waals surface area (Å²) < 4.78 is 34.4. The van der Waals surface area contributed by atoms with Crippen LogP contribution in [0.1, 0.15) is 11.3 Å². The second-order valence-electron chi connectivity index (χ2n) is 4.42. The molecule has 20 heavy (non-hydrogen) atoms. The zero-order valence-electron chi connectivity index (χ0n) is 10.5. The fraction of sp³-hybridized carbons (Fsp3) is 0.308. The van der Waals surface area contributed by atoms with Crippen LogP contribution in [0.4, 0.5) is 14.5 Å². The molecule has 1 aliphatic rings. The van der Waals surface area contributed by atoms with Crippen LogP contribution < -0.4 is 16.0 Å². The highest BCUT2D eigenvalue weighted by Gasteiger charge is 2.18. The lowest BCUT2D eigenvalue weighted by Crippen LogP contribution is -2.18. The SMILES string of the molecule is NNc1c2c(nc3ccc(OC(F)F)cc13)CCOC2. The summed E-state index contributed by atoms with van der Waals surface area (Å²) in [6, 6.07) is 4.61. The van der Waals surface area contributed by atoms with Gasteiger partial charge in [0.25, 0.3) is 0 Å². The number of ether oxygens (including phenoxy) is 2. The molecule has 0 saturated heterocycles. The minimum atomic E-state index is -2.87. The Morgan fingerprint density at radius 1 is 1.40 bits per heavy atom. The van der Waals surface area contributed by atoms with E-state index in [1.54, 1.807) is 6.07 Å². The van der Waals surface area contributed by atoms with Crippen molar-refractivity contribution >= 4 is 16.6 Å². The number of hydrogen-bond acceptors (Lipinski definition) is 5. The standard InChI is InChI=1S/C13H13F2N3O2/c14-13(15)20-7-1-2-10-8(5-7)12(18-16)9-6-19-4-3-11(9)17-10/h1-2,5,13H,3-4,6,16H2,(H,17,18). The molecule has 1 aromatic heterocycles. The summed E-state index contributed by atoms with van der Waals surface area (Å²) in [6.45, 7) is -1.85. The van der Waals surface area contributed by atoms with Crippen LogP contribution in [0.3, 0.4) is 0 Å². The van der Waals surface area contributed by atoms with Gasteiger partial charge in [0.2, 0.25) is 0 Å². The van der Waals surface area contributed by atoms with E-state index in [1.807, 2.05) is 0 Å². The molecule has 106 valence electrons. The van der Waals surface area contributed by atoms with E-state index in [-0.39, 0.29) is 5.75 Å². The van der Waals surface area contributed by atoms with Gasteiger partial charge in [-0.1, -0.05) is 0 Å². The van der Waals surface area contributed by atoms with E-state index in [2.05, 4.69) is 15.1 Å². The maximum Gasteiger partial charge on any atom is 0.387 e. The van der Waals surface area contributed by atoms with Crippen molar-refractivity contribution in [3.63, 3.8) is 0 Å². The number of hydrogen-bond donors (Lipinski definition) is 2. The highest BCUT2D eigenvalue weighted by molar-refractivity contribution is 5.94. The summed E-state index contributed by atoms with van der Waals surface area (Å²) in [5.41, 5.74) is 5.72. The minimum absolute atomic E-state index is 0.0717. The van der Waals surface area contributed by atoms with Crippen molar-refractivity contribution in [2.24, 2.45) is 5.84 Å². The molecule has 0 bridgehead atoms. The lowest BCUT2D eigenvalue weighted by molar-refractivity contribution is -0.0497. The number of fused-ring (bicyclic) bond motifs is 2. The molecule has 5 nitrogen and oxygen atoms in total.